The van der Waals surface area contributed by atoms with Gasteiger partial charge >= 0.3 is 0 Å². The largest absolute Gasteiger partial charge is 0.388 e. The first-order valence-corrected chi connectivity index (χ1v) is 7.44. The quantitative estimate of drug-likeness (QED) is 0.781. The maximum Gasteiger partial charge on any atom is 0.0961 e. The van der Waals surface area contributed by atoms with Gasteiger partial charge in [0.25, 0.3) is 0 Å². The number of hydrogen-bond acceptors (Lipinski definition) is 3. The third-order valence-corrected chi connectivity index (χ3v) is 4.04. The SMILES string of the molecule is OC(Cc1nc(-c2ccccc2)cs1)c1ccccc1. The molecule has 100 valence electrons. The Kier molecular flexibility index (Phi) is 3.90. The highest BCUT2D eigenvalue weighted by Gasteiger charge is 2.11. The van der Waals surface area contributed by atoms with Crippen LogP contribution in [0, 0.1) is 0 Å². The van der Waals surface area contributed by atoms with Crippen LogP contribution in [-0.2, 0) is 6.42 Å². The van der Waals surface area contributed by atoms with Crippen LogP contribution in [0.25, 0.3) is 11.3 Å². The Labute approximate surface area is 122 Å². The van der Waals surface area contributed by atoms with Crippen molar-refractivity contribution in [1.29, 1.82) is 0 Å². The van der Waals surface area contributed by atoms with E-state index in [1.54, 1.807) is 11.3 Å². The van der Waals surface area contributed by atoms with Crippen LogP contribution in [-0.4, -0.2) is 10.1 Å². The average Bonchev–Trinajstić information content (AvgIpc) is 2.97. The van der Waals surface area contributed by atoms with Crippen molar-refractivity contribution < 1.29 is 5.11 Å². The monoisotopic (exact) mass is 281 g/mol. The molecule has 3 rings (SSSR count). The predicted molar refractivity (Wildman–Crippen MR) is 82.7 cm³/mol. The van der Waals surface area contributed by atoms with Crippen molar-refractivity contribution in [1.82, 2.24) is 4.98 Å². The lowest BCUT2D eigenvalue weighted by atomic mass is 10.1. The van der Waals surface area contributed by atoms with E-state index in [1.165, 1.54) is 0 Å². The number of thiazole rings is 1. The molecule has 0 aliphatic rings. The fourth-order valence-corrected chi connectivity index (χ4v) is 2.95. The molecule has 2 nitrogen and oxygen atoms in total. The van der Waals surface area contributed by atoms with Crippen molar-refractivity contribution in [3.63, 3.8) is 0 Å². The van der Waals surface area contributed by atoms with Gasteiger partial charge < -0.3 is 5.11 Å². The molecule has 0 fully saturated rings. The van der Waals surface area contributed by atoms with Crippen LogP contribution in [0.2, 0.25) is 0 Å². The molecule has 0 bridgehead atoms. The van der Waals surface area contributed by atoms with Crippen LogP contribution in [0.1, 0.15) is 16.7 Å². The number of aliphatic hydroxyl groups is 1. The summed E-state index contributed by atoms with van der Waals surface area (Å²) < 4.78 is 0. The molecule has 1 aromatic heterocycles. The van der Waals surface area contributed by atoms with Gasteiger partial charge in [-0.1, -0.05) is 60.7 Å². The molecule has 0 radical (unpaired) electrons. The number of benzene rings is 2. The van der Waals surface area contributed by atoms with E-state index >= 15 is 0 Å². The highest BCUT2D eigenvalue weighted by Crippen LogP contribution is 2.25. The van der Waals surface area contributed by atoms with Gasteiger partial charge in [-0.2, -0.15) is 0 Å². The van der Waals surface area contributed by atoms with Crippen molar-refractivity contribution in [3.8, 4) is 11.3 Å². The van der Waals surface area contributed by atoms with Gasteiger partial charge in [-0.3, -0.25) is 0 Å². The minimum atomic E-state index is -0.494. The summed E-state index contributed by atoms with van der Waals surface area (Å²) in [6.45, 7) is 0. The van der Waals surface area contributed by atoms with Gasteiger partial charge in [-0.05, 0) is 5.56 Å². The van der Waals surface area contributed by atoms with E-state index in [0.29, 0.717) is 6.42 Å². The topological polar surface area (TPSA) is 33.1 Å². The molecule has 1 atom stereocenters. The van der Waals surface area contributed by atoms with E-state index in [4.69, 9.17) is 0 Å². The maximum atomic E-state index is 10.2. The molecule has 3 heteroatoms. The fourth-order valence-electron chi connectivity index (χ4n) is 2.10. The average molecular weight is 281 g/mol. The van der Waals surface area contributed by atoms with E-state index in [9.17, 15) is 5.11 Å². The Balaban J connectivity index is 1.75. The lowest BCUT2D eigenvalue weighted by Crippen LogP contribution is -2.01. The lowest BCUT2D eigenvalue weighted by molar-refractivity contribution is 0.178. The molecule has 2 aromatic carbocycles. The zero-order valence-electron chi connectivity index (χ0n) is 10.9. The Morgan fingerprint density at radius 1 is 0.950 bits per heavy atom. The summed E-state index contributed by atoms with van der Waals surface area (Å²) in [5.41, 5.74) is 3.03. The second-order valence-electron chi connectivity index (χ2n) is 4.62. The van der Waals surface area contributed by atoms with Gasteiger partial charge in [-0.25, -0.2) is 4.98 Å². The number of hydrogen-bond donors (Lipinski definition) is 1. The highest BCUT2D eigenvalue weighted by molar-refractivity contribution is 7.09. The van der Waals surface area contributed by atoms with Crippen molar-refractivity contribution >= 4 is 11.3 Å². The van der Waals surface area contributed by atoms with Crippen LogP contribution in [0.15, 0.2) is 66.0 Å². The van der Waals surface area contributed by atoms with Crippen LogP contribution >= 0.6 is 11.3 Å². The van der Waals surface area contributed by atoms with Crippen LogP contribution < -0.4 is 0 Å². The molecule has 0 amide bonds. The number of nitrogens with zero attached hydrogens (tertiary/aromatic N) is 1. The normalized spacial score (nSPS) is 12.2. The van der Waals surface area contributed by atoms with Gasteiger partial charge in [0.2, 0.25) is 0 Å². The van der Waals surface area contributed by atoms with Gasteiger partial charge in [0.1, 0.15) is 0 Å². The summed E-state index contributed by atoms with van der Waals surface area (Å²) in [7, 11) is 0. The van der Waals surface area contributed by atoms with Crippen LogP contribution in [0.4, 0.5) is 0 Å². The fraction of sp³-hybridized carbons (Fsp3) is 0.118. The molecule has 0 aliphatic carbocycles. The summed E-state index contributed by atoms with van der Waals surface area (Å²) >= 11 is 1.60. The molecular weight excluding hydrogens is 266 g/mol. The minimum absolute atomic E-state index is 0.494. The Morgan fingerprint density at radius 2 is 1.60 bits per heavy atom. The number of aromatic nitrogens is 1. The highest BCUT2D eigenvalue weighted by atomic mass is 32.1. The zero-order valence-corrected chi connectivity index (χ0v) is 11.8. The van der Waals surface area contributed by atoms with Crippen LogP contribution in [0.3, 0.4) is 0 Å². The first kappa shape index (κ1) is 13.0. The summed E-state index contributed by atoms with van der Waals surface area (Å²) in [5, 5.41) is 13.2. The summed E-state index contributed by atoms with van der Waals surface area (Å²) in [6, 6.07) is 19.8. The first-order chi connectivity index (χ1) is 9.83. The molecule has 20 heavy (non-hydrogen) atoms. The third kappa shape index (κ3) is 2.95. The molecule has 1 unspecified atom stereocenters. The van der Waals surface area contributed by atoms with Crippen molar-refractivity contribution in [3.05, 3.63) is 76.6 Å². The predicted octanol–water partition coefficient (Wildman–Crippen LogP) is 4.09. The van der Waals surface area contributed by atoms with Crippen LogP contribution in [0.5, 0.6) is 0 Å². The van der Waals surface area contributed by atoms with Gasteiger partial charge in [0.15, 0.2) is 0 Å². The second kappa shape index (κ2) is 5.99. The zero-order chi connectivity index (χ0) is 13.8. The van der Waals surface area contributed by atoms with Gasteiger partial charge in [-0.15, -0.1) is 11.3 Å². The van der Waals surface area contributed by atoms with E-state index in [2.05, 4.69) is 4.98 Å². The van der Waals surface area contributed by atoms with E-state index in [0.717, 1.165) is 21.8 Å². The standard InChI is InChI=1S/C17H15NOS/c19-16(14-9-5-2-6-10-14)11-17-18-15(12-20-17)13-7-3-1-4-8-13/h1-10,12,16,19H,11H2. The summed E-state index contributed by atoms with van der Waals surface area (Å²) in [4.78, 5) is 4.60. The molecule has 0 spiro atoms. The Hall–Kier alpha value is -1.97. The van der Waals surface area contributed by atoms with E-state index in [1.807, 2.05) is 66.0 Å². The summed E-state index contributed by atoms with van der Waals surface area (Å²) in [6.07, 6.45) is 0.0626. The molecule has 1 N–H and O–H groups in total. The number of rotatable bonds is 4. The van der Waals surface area contributed by atoms with Gasteiger partial charge in [0.05, 0.1) is 16.8 Å². The van der Waals surface area contributed by atoms with Crippen molar-refractivity contribution in [2.45, 2.75) is 12.5 Å². The first-order valence-electron chi connectivity index (χ1n) is 6.56. The molecule has 1 heterocycles. The third-order valence-electron chi connectivity index (χ3n) is 3.17. The summed E-state index contributed by atoms with van der Waals surface area (Å²) in [5.74, 6) is 0. The minimum Gasteiger partial charge on any atom is -0.388 e. The van der Waals surface area contributed by atoms with Crippen molar-refractivity contribution in [2.75, 3.05) is 0 Å². The molecule has 3 aromatic rings. The van der Waals surface area contributed by atoms with E-state index in [-0.39, 0.29) is 0 Å². The molecular formula is C17H15NOS. The number of aliphatic hydroxyl groups excluding tert-OH is 1. The molecule has 0 aliphatic heterocycles. The van der Waals surface area contributed by atoms with E-state index < -0.39 is 6.10 Å². The smallest absolute Gasteiger partial charge is 0.0961 e. The Morgan fingerprint density at radius 3 is 2.30 bits per heavy atom. The molecule has 0 saturated heterocycles. The lowest BCUT2D eigenvalue weighted by Gasteiger charge is -2.08. The maximum absolute atomic E-state index is 10.2. The van der Waals surface area contributed by atoms with Crippen molar-refractivity contribution in [2.24, 2.45) is 0 Å². The van der Waals surface area contributed by atoms with Gasteiger partial charge in [0, 0.05) is 17.4 Å². The molecule has 0 saturated carbocycles. The Bertz CT molecular complexity index is 664. The second-order valence-corrected chi connectivity index (χ2v) is 5.57.